The molecule has 0 aliphatic heterocycles. The summed E-state index contributed by atoms with van der Waals surface area (Å²) in [6.07, 6.45) is 7.15. The molecule has 18 heavy (non-hydrogen) atoms. The molecule has 0 aromatic carbocycles. The van der Waals surface area contributed by atoms with E-state index in [0.717, 1.165) is 17.7 Å². The van der Waals surface area contributed by atoms with E-state index in [2.05, 4.69) is 15.5 Å². The van der Waals surface area contributed by atoms with E-state index in [9.17, 15) is 0 Å². The van der Waals surface area contributed by atoms with Crippen molar-refractivity contribution in [2.45, 2.75) is 19.5 Å². The van der Waals surface area contributed by atoms with E-state index in [0.29, 0.717) is 5.75 Å². The molecule has 0 aliphatic rings. The van der Waals surface area contributed by atoms with Gasteiger partial charge in [0.15, 0.2) is 0 Å². The second kappa shape index (κ2) is 5.61. The van der Waals surface area contributed by atoms with Crippen LogP contribution in [0.15, 0.2) is 30.9 Å². The number of hydrogen-bond acceptors (Lipinski definition) is 5. The van der Waals surface area contributed by atoms with Crippen LogP contribution >= 0.6 is 0 Å². The minimum absolute atomic E-state index is 0.164. The summed E-state index contributed by atoms with van der Waals surface area (Å²) in [4.78, 5) is 4.03. The lowest BCUT2D eigenvalue weighted by atomic mass is 10.0. The van der Waals surface area contributed by atoms with Crippen LogP contribution < -0.4 is 16.0 Å². The van der Waals surface area contributed by atoms with Gasteiger partial charge in [-0.2, -0.15) is 5.10 Å². The van der Waals surface area contributed by atoms with Crippen LogP contribution in [-0.4, -0.2) is 21.9 Å². The molecule has 0 spiro atoms. The zero-order valence-electron chi connectivity index (χ0n) is 10.5. The summed E-state index contributed by atoms with van der Waals surface area (Å²) in [6.45, 7) is 2.86. The molecular weight excluding hydrogens is 230 g/mol. The molecule has 6 nitrogen and oxygen atoms in total. The van der Waals surface area contributed by atoms with Crippen molar-refractivity contribution < 1.29 is 4.74 Å². The van der Waals surface area contributed by atoms with Crippen molar-refractivity contribution in [3.63, 3.8) is 0 Å². The fourth-order valence-electron chi connectivity index (χ4n) is 1.87. The smallest absolute Gasteiger partial charge is 0.142 e. The monoisotopic (exact) mass is 247 g/mol. The molecule has 0 fully saturated rings. The Kier molecular flexibility index (Phi) is 3.91. The number of hydrazine groups is 1. The number of pyridine rings is 1. The Morgan fingerprint density at radius 3 is 2.94 bits per heavy atom. The summed E-state index contributed by atoms with van der Waals surface area (Å²) >= 11 is 0. The predicted molar refractivity (Wildman–Crippen MR) is 67.9 cm³/mol. The highest BCUT2D eigenvalue weighted by molar-refractivity contribution is 5.38. The maximum Gasteiger partial charge on any atom is 0.142 e. The van der Waals surface area contributed by atoms with E-state index in [1.165, 1.54) is 0 Å². The zero-order chi connectivity index (χ0) is 13.0. The number of aryl methyl sites for hydroxylation is 1. The van der Waals surface area contributed by atoms with Crippen molar-refractivity contribution in [1.29, 1.82) is 0 Å². The molecule has 0 saturated carbocycles. The number of aromatic nitrogens is 3. The molecule has 96 valence electrons. The normalized spacial score (nSPS) is 12.4. The Hall–Kier alpha value is -1.92. The van der Waals surface area contributed by atoms with Crippen LogP contribution in [0.2, 0.25) is 0 Å². The molecule has 6 heteroatoms. The van der Waals surface area contributed by atoms with Gasteiger partial charge in [0.05, 0.1) is 25.5 Å². The van der Waals surface area contributed by atoms with Gasteiger partial charge in [0.2, 0.25) is 0 Å². The Balaban J connectivity index is 2.38. The van der Waals surface area contributed by atoms with E-state index >= 15 is 0 Å². The molecule has 2 heterocycles. The fourth-order valence-corrected chi connectivity index (χ4v) is 1.87. The van der Waals surface area contributed by atoms with Crippen LogP contribution in [0.5, 0.6) is 5.75 Å². The van der Waals surface area contributed by atoms with Gasteiger partial charge in [0.1, 0.15) is 5.75 Å². The molecule has 1 atom stereocenters. The maximum atomic E-state index is 5.65. The molecule has 0 radical (unpaired) electrons. The average molecular weight is 247 g/mol. The van der Waals surface area contributed by atoms with Gasteiger partial charge >= 0.3 is 0 Å². The van der Waals surface area contributed by atoms with Crippen molar-refractivity contribution in [3.8, 4) is 5.75 Å². The Morgan fingerprint density at radius 2 is 2.33 bits per heavy atom. The number of nitrogens with zero attached hydrogens (tertiary/aromatic N) is 3. The van der Waals surface area contributed by atoms with Gasteiger partial charge < -0.3 is 4.74 Å². The number of methoxy groups -OCH3 is 1. The van der Waals surface area contributed by atoms with Crippen LogP contribution in [0.4, 0.5) is 0 Å². The number of nitrogens with two attached hydrogens (primary N) is 1. The fraction of sp³-hybridized carbons (Fsp3) is 0.333. The quantitative estimate of drug-likeness (QED) is 0.605. The molecule has 2 rings (SSSR count). The van der Waals surface area contributed by atoms with Crippen LogP contribution in [0.3, 0.4) is 0 Å². The summed E-state index contributed by atoms with van der Waals surface area (Å²) < 4.78 is 7.15. The van der Waals surface area contributed by atoms with Crippen LogP contribution in [0.25, 0.3) is 0 Å². The average Bonchev–Trinajstić information content (AvgIpc) is 2.89. The summed E-state index contributed by atoms with van der Waals surface area (Å²) in [5, 5.41) is 4.25. The third-order valence-electron chi connectivity index (χ3n) is 2.82. The summed E-state index contributed by atoms with van der Waals surface area (Å²) in [7, 11) is 1.61. The minimum Gasteiger partial charge on any atom is -0.495 e. The van der Waals surface area contributed by atoms with Crippen LogP contribution in [0.1, 0.15) is 24.1 Å². The third kappa shape index (κ3) is 2.34. The van der Waals surface area contributed by atoms with Crippen molar-refractivity contribution in [1.82, 2.24) is 20.2 Å². The first-order valence-corrected chi connectivity index (χ1v) is 5.76. The minimum atomic E-state index is -0.164. The highest BCUT2D eigenvalue weighted by Crippen LogP contribution is 2.28. The second-order valence-electron chi connectivity index (χ2n) is 3.85. The molecule has 0 bridgehead atoms. The highest BCUT2D eigenvalue weighted by atomic mass is 16.5. The third-order valence-corrected chi connectivity index (χ3v) is 2.82. The standard InChI is InChI=1S/C12H17N5O/c1-3-17-8-9(6-15-17)12(16-13)10-4-5-14-7-11(10)18-2/h4-8,12,16H,3,13H2,1-2H3. The van der Waals surface area contributed by atoms with E-state index in [1.807, 2.05) is 23.9 Å². The predicted octanol–water partition coefficient (Wildman–Crippen LogP) is 0.859. The molecular formula is C12H17N5O. The molecule has 0 saturated heterocycles. The molecule has 2 aromatic heterocycles. The summed E-state index contributed by atoms with van der Waals surface area (Å²) in [5.41, 5.74) is 4.71. The van der Waals surface area contributed by atoms with Gasteiger partial charge in [0, 0.05) is 30.1 Å². The second-order valence-corrected chi connectivity index (χ2v) is 3.85. The van der Waals surface area contributed by atoms with E-state index in [1.54, 1.807) is 25.7 Å². The van der Waals surface area contributed by atoms with Crippen molar-refractivity contribution in [2.24, 2.45) is 5.84 Å². The lowest BCUT2D eigenvalue weighted by Crippen LogP contribution is -2.29. The van der Waals surface area contributed by atoms with Gasteiger partial charge in [-0.3, -0.25) is 15.5 Å². The number of rotatable bonds is 5. The first-order valence-electron chi connectivity index (χ1n) is 5.76. The lowest BCUT2D eigenvalue weighted by molar-refractivity contribution is 0.402. The van der Waals surface area contributed by atoms with E-state index in [-0.39, 0.29) is 6.04 Å². The first-order chi connectivity index (χ1) is 8.80. The molecule has 3 N–H and O–H groups in total. The lowest BCUT2D eigenvalue weighted by Gasteiger charge is -2.17. The number of hydrogen-bond donors (Lipinski definition) is 2. The molecule has 1 unspecified atom stereocenters. The summed E-state index contributed by atoms with van der Waals surface area (Å²) in [5.74, 6) is 6.35. The van der Waals surface area contributed by atoms with Crippen molar-refractivity contribution >= 4 is 0 Å². The Labute approximate surface area is 106 Å². The van der Waals surface area contributed by atoms with Crippen LogP contribution in [-0.2, 0) is 6.54 Å². The highest BCUT2D eigenvalue weighted by Gasteiger charge is 2.18. The van der Waals surface area contributed by atoms with E-state index < -0.39 is 0 Å². The van der Waals surface area contributed by atoms with Gasteiger partial charge in [-0.15, -0.1) is 0 Å². The van der Waals surface area contributed by atoms with Gasteiger partial charge in [-0.1, -0.05) is 0 Å². The number of nitrogens with one attached hydrogen (secondary N) is 1. The van der Waals surface area contributed by atoms with Crippen molar-refractivity contribution in [2.75, 3.05) is 7.11 Å². The van der Waals surface area contributed by atoms with Crippen molar-refractivity contribution in [3.05, 3.63) is 42.0 Å². The van der Waals surface area contributed by atoms with Gasteiger partial charge in [-0.05, 0) is 13.0 Å². The van der Waals surface area contributed by atoms with Crippen LogP contribution in [0, 0.1) is 0 Å². The topological polar surface area (TPSA) is 78.0 Å². The van der Waals surface area contributed by atoms with Gasteiger partial charge in [0.25, 0.3) is 0 Å². The van der Waals surface area contributed by atoms with Gasteiger partial charge in [-0.25, -0.2) is 5.43 Å². The first kappa shape index (κ1) is 12.5. The molecule has 2 aromatic rings. The zero-order valence-corrected chi connectivity index (χ0v) is 10.5. The maximum absolute atomic E-state index is 5.65. The largest absolute Gasteiger partial charge is 0.495 e. The molecule has 0 aliphatic carbocycles. The summed E-state index contributed by atoms with van der Waals surface area (Å²) in [6, 6.07) is 1.72. The SMILES string of the molecule is CCn1cc(C(NN)c2ccncc2OC)cn1. The van der Waals surface area contributed by atoms with E-state index in [4.69, 9.17) is 10.6 Å². The number of ether oxygens (including phenoxy) is 1. The Morgan fingerprint density at radius 1 is 1.50 bits per heavy atom. The Bertz CT molecular complexity index is 511. The molecule has 0 amide bonds.